The zero-order valence-electron chi connectivity index (χ0n) is 13.4. The molecule has 0 amide bonds. The first-order valence-electron chi connectivity index (χ1n) is 7.85. The van der Waals surface area contributed by atoms with Crippen molar-refractivity contribution in [2.24, 2.45) is 7.05 Å². The molecule has 0 spiro atoms. The second-order valence-electron chi connectivity index (χ2n) is 5.69. The minimum Gasteiger partial charge on any atom is -0.472 e. The smallest absolute Gasteiger partial charge is 0.233 e. The summed E-state index contributed by atoms with van der Waals surface area (Å²) >= 11 is 0. The summed E-state index contributed by atoms with van der Waals surface area (Å²) in [6, 6.07) is 20.6. The highest BCUT2D eigenvalue weighted by molar-refractivity contribution is 5.93. The van der Waals surface area contributed by atoms with E-state index in [2.05, 4.69) is 58.6 Å². The van der Waals surface area contributed by atoms with Gasteiger partial charge in [0, 0.05) is 36.5 Å². The van der Waals surface area contributed by atoms with Crippen LogP contribution in [0.2, 0.25) is 0 Å². The third-order valence-corrected chi connectivity index (χ3v) is 3.97. The molecule has 0 aliphatic carbocycles. The summed E-state index contributed by atoms with van der Waals surface area (Å²) in [5.74, 6) is 0.639. The normalized spacial score (nSPS) is 10.9. The molecule has 0 saturated carbocycles. The van der Waals surface area contributed by atoms with Crippen molar-refractivity contribution >= 4 is 10.9 Å². The van der Waals surface area contributed by atoms with Gasteiger partial charge in [0.15, 0.2) is 0 Å². The van der Waals surface area contributed by atoms with E-state index >= 15 is 0 Å². The number of para-hydroxylation sites is 1. The monoisotopic (exact) mass is 315 g/mol. The molecular weight excluding hydrogens is 298 g/mol. The van der Waals surface area contributed by atoms with Gasteiger partial charge in [-0.25, -0.2) is 0 Å². The molecule has 2 aromatic carbocycles. The van der Waals surface area contributed by atoms with Gasteiger partial charge in [-0.05, 0) is 17.2 Å². The molecular formula is C20H17N3O. The van der Waals surface area contributed by atoms with Crippen molar-refractivity contribution in [1.82, 2.24) is 14.8 Å². The molecule has 0 aliphatic heterocycles. The first-order valence-corrected chi connectivity index (χ1v) is 7.85. The number of aromatic nitrogens is 3. The topological polar surface area (TPSA) is 39.9 Å². The minimum atomic E-state index is 0.505. The third-order valence-electron chi connectivity index (χ3n) is 3.97. The van der Waals surface area contributed by atoms with Gasteiger partial charge < -0.3 is 4.74 Å². The van der Waals surface area contributed by atoms with Crippen molar-refractivity contribution in [2.75, 3.05) is 0 Å². The van der Waals surface area contributed by atoms with Crippen LogP contribution in [-0.2, 0) is 13.7 Å². The maximum atomic E-state index is 5.68. The van der Waals surface area contributed by atoms with Gasteiger partial charge >= 0.3 is 0 Å². The van der Waals surface area contributed by atoms with E-state index in [1.807, 2.05) is 31.6 Å². The Morgan fingerprint density at radius 3 is 2.58 bits per heavy atom. The molecule has 2 aromatic heterocycles. The molecule has 0 saturated heterocycles. The molecule has 0 aliphatic rings. The highest BCUT2D eigenvalue weighted by Crippen LogP contribution is 2.27. The second-order valence-corrected chi connectivity index (χ2v) is 5.69. The third kappa shape index (κ3) is 2.86. The van der Waals surface area contributed by atoms with Gasteiger partial charge in [0.1, 0.15) is 6.61 Å². The lowest BCUT2D eigenvalue weighted by Gasteiger charge is -2.08. The number of pyridine rings is 1. The summed E-state index contributed by atoms with van der Waals surface area (Å²) in [6.07, 6.45) is 3.70. The van der Waals surface area contributed by atoms with Gasteiger partial charge in [-0.2, -0.15) is 0 Å². The number of ether oxygens (including phenoxy) is 1. The number of hydrogen-bond acceptors (Lipinski definition) is 3. The van der Waals surface area contributed by atoms with Crippen molar-refractivity contribution in [3.63, 3.8) is 0 Å². The highest BCUT2D eigenvalue weighted by atomic mass is 16.5. The second kappa shape index (κ2) is 6.16. The minimum absolute atomic E-state index is 0.505. The molecule has 0 fully saturated rings. The van der Waals surface area contributed by atoms with Crippen LogP contribution in [0.4, 0.5) is 0 Å². The van der Waals surface area contributed by atoms with E-state index in [-0.39, 0.29) is 0 Å². The van der Waals surface area contributed by atoms with Crippen molar-refractivity contribution in [1.29, 1.82) is 0 Å². The van der Waals surface area contributed by atoms with Crippen LogP contribution in [-0.4, -0.2) is 14.8 Å². The Labute approximate surface area is 140 Å². The predicted molar refractivity (Wildman–Crippen MR) is 94.7 cm³/mol. The standard InChI is InChI=1S/C20H17N3O/c1-23-13-11-19(22-23)24-14-15-7-9-16(10-8-15)18-6-2-4-17-5-3-12-21-20(17)18/h2-13H,14H2,1H3. The first kappa shape index (κ1) is 14.5. The summed E-state index contributed by atoms with van der Waals surface area (Å²) in [5, 5.41) is 5.36. The highest BCUT2D eigenvalue weighted by Gasteiger charge is 2.05. The fourth-order valence-electron chi connectivity index (χ4n) is 2.75. The Balaban J connectivity index is 1.57. The van der Waals surface area contributed by atoms with Crippen LogP contribution in [0.1, 0.15) is 5.56 Å². The van der Waals surface area contributed by atoms with Crippen LogP contribution >= 0.6 is 0 Å². The SMILES string of the molecule is Cn1ccc(OCc2ccc(-c3cccc4cccnc34)cc2)n1. The molecule has 0 N–H and O–H groups in total. The Hall–Kier alpha value is -3.14. The lowest BCUT2D eigenvalue weighted by Crippen LogP contribution is -1.97. The number of fused-ring (bicyclic) bond motifs is 1. The van der Waals surface area contributed by atoms with Crippen molar-refractivity contribution in [3.05, 3.63) is 78.6 Å². The van der Waals surface area contributed by atoms with E-state index < -0.39 is 0 Å². The molecule has 4 rings (SSSR count). The van der Waals surface area contributed by atoms with Gasteiger partial charge in [-0.3, -0.25) is 9.67 Å². The zero-order valence-corrected chi connectivity index (χ0v) is 13.4. The van der Waals surface area contributed by atoms with Crippen LogP contribution in [0.25, 0.3) is 22.0 Å². The van der Waals surface area contributed by atoms with E-state index in [4.69, 9.17) is 4.74 Å². The van der Waals surface area contributed by atoms with E-state index in [1.165, 1.54) is 0 Å². The molecule has 0 unspecified atom stereocenters. The van der Waals surface area contributed by atoms with Crippen LogP contribution < -0.4 is 4.74 Å². The fraction of sp³-hybridized carbons (Fsp3) is 0.100. The number of nitrogens with zero attached hydrogens (tertiary/aromatic N) is 3. The number of benzene rings is 2. The van der Waals surface area contributed by atoms with Crippen molar-refractivity contribution < 1.29 is 4.74 Å². The number of aryl methyl sites for hydroxylation is 1. The van der Waals surface area contributed by atoms with Crippen LogP contribution in [0.3, 0.4) is 0 Å². The van der Waals surface area contributed by atoms with Crippen molar-refractivity contribution in [2.45, 2.75) is 6.61 Å². The van der Waals surface area contributed by atoms with Crippen LogP contribution in [0.5, 0.6) is 5.88 Å². The van der Waals surface area contributed by atoms with Gasteiger partial charge in [-0.15, -0.1) is 5.10 Å². The molecule has 0 bridgehead atoms. The average molecular weight is 315 g/mol. The van der Waals surface area contributed by atoms with Gasteiger partial charge in [0.2, 0.25) is 5.88 Å². The fourth-order valence-corrected chi connectivity index (χ4v) is 2.75. The number of rotatable bonds is 4. The maximum absolute atomic E-state index is 5.68. The average Bonchev–Trinajstić information content (AvgIpc) is 3.05. The molecule has 24 heavy (non-hydrogen) atoms. The molecule has 0 atom stereocenters. The molecule has 4 heteroatoms. The van der Waals surface area contributed by atoms with Crippen molar-refractivity contribution in [3.8, 4) is 17.0 Å². The lowest BCUT2D eigenvalue weighted by atomic mass is 10.0. The Morgan fingerprint density at radius 1 is 0.958 bits per heavy atom. The molecule has 2 heterocycles. The summed E-state index contributed by atoms with van der Waals surface area (Å²) < 4.78 is 7.41. The maximum Gasteiger partial charge on any atom is 0.233 e. The predicted octanol–water partition coefficient (Wildman–Crippen LogP) is 4.21. The zero-order chi connectivity index (χ0) is 16.4. The summed E-state index contributed by atoms with van der Waals surface area (Å²) in [6.45, 7) is 0.505. The first-order chi connectivity index (χ1) is 11.8. The van der Waals surface area contributed by atoms with Crippen LogP contribution in [0, 0.1) is 0 Å². The largest absolute Gasteiger partial charge is 0.472 e. The Morgan fingerprint density at radius 2 is 1.79 bits per heavy atom. The Bertz CT molecular complexity index is 968. The quantitative estimate of drug-likeness (QED) is 0.566. The molecule has 4 aromatic rings. The lowest BCUT2D eigenvalue weighted by molar-refractivity contribution is 0.291. The van der Waals surface area contributed by atoms with E-state index in [1.54, 1.807) is 4.68 Å². The summed E-state index contributed by atoms with van der Waals surface area (Å²) in [4.78, 5) is 4.52. The van der Waals surface area contributed by atoms with Crippen LogP contribution in [0.15, 0.2) is 73.1 Å². The van der Waals surface area contributed by atoms with E-state index in [0.29, 0.717) is 12.5 Å². The van der Waals surface area contributed by atoms with E-state index in [9.17, 15) is 0 Å². The van der Waals surface area contributed by atoms with Gasteiger partial charge in [-0.1, -0.05) is 48.5 Å². The summed E-state index contributed by atoms with van der Waals surface area (Å²) in [7, 11) is 1.87. The molecule has 4 nitrogen and oxygen atoms in total. The van der Waals surface area contributed by atoms with Gasteiger partial charge in [0.25, 0.3) is 0 Å². The summed E-state index contributed by atoms with van der Waals surface area (Å²) in [5.41, 5.74) is 4.43. The molecule has 118 valence electrons. The van der Waals surface area contributed by atoms with E-state index in [0.717, 1.165) is 27.6 Å². The van der Waals surface area contributed by atoms with Gasteiger partial charge in [0.05, 0.1) is 5.52 Å². The molecule has 0 radical (unpaired) electrons. The Kier molecular flexibility index (Phi) is 3.71. The number of hydrogen-bond donors (Lipinski definition) is 0.